The van der Waals surface area contributed by atoms with Crippen LogP contribution >= 0.6 is 11.3 Å². The highest BCUT2D eigenvalue weighted by atomic mass is 32.1. The predicted molar refractivity (Wildman–Crippen MR) is 76.2 cm³/mol. The predicted octanol–water partition coefficient (Wildman–Crippen LogP) is 4.79. The van der Waals surface area contributed by atoms with E-state index in [9.17, 15) is 8.78 Å². The van der Waals surface area contributed by atoms with Crippen molar-refractivity contribution in [3.05, 3.63) is 59.0 Å². The number of rotatable bonds is 2. The summed E-state index contributed by atoms with van der Waals surface area (Å²) in [6, 6.07) is 11.1. The molecule has 0 aliphatic carbocycles. The Morgan fingerprint density at radius 2 is 1.80 bits per heavy atom. The topological polar surface area (TPSA) is 35.8 Å². The smallest absolute Gasteiger partial charge is 0.150 e. The summed E-state index contributed by atoms with van der Waals surface area (Å²) in [7, 11) is 0. The first-order valence-electron chi connectivity index (χ1n) is 5.81. The van der Waals surface area contributed by atoms with E-state index in [-0.39, 0.29) is 11.3 Å². The molecule has 5 heteroatoms. The van der Waals surface area contributed by atoms with E-state index in [0.29, 0.717) is 5.69 Å². The Morgan fingerprint density at radius 1 is 1.05 bits per heavy atom. The zero-order chi connectivity index (χ0) is 14.1. The number of nitriles is 1. The van der Waals surface area contributed by atoms with Crippen molar-refractivity contribution in [2.75, 3.05) is 5.32 Å². The second kappa shape index (κ2) is 4.91. The SMILES string of the molecule is N#Cc1cc(F)c(Nc2ccc3sccc3c2)c(F)c1. The summed E-state index contributed by atoms with van der Waals surface area (Å²) in [6.07, 6.45) is 0. The Morgan fingerprint density at radius 3 is 2.50 bits per heavy atom. The number of benzene rings is 2. The molecule has 20 heavy (non-hydrogen) atoms. The van der Waals surface area contributed by atoms with Crippen molar-refractivity contribution < 1.29 is 8.78 Å². The monoisotopic (exact) mass is 286 g/mol. The van der Waals surface area contributed by atoms with Crippen LogP contribution in [-0.2, 0) is 0 Å². The maximum absolute atomic E-state index is 13.8. The normalized spacial score (nSPS) is 10.4. The van der Waals surface area contributed by atoms with Crippen molar-refractivity contribution in [3.63, 3.8) is 0 Å². The lowest BCUT2D eigenvalue weighted by atomic mass is 10.2. The fraction of sp³-hybridized carbons (Fsp3) is 0. The summed E-state index contributed by atoms with van der Waals surface area (Å²) in [5, 5.41) is 14.3. The minimum Gasteiger partial charge on any atom is -0.351 e. The molecule has 0 aliphatic heterocycles. The van der Waals surface area contributed by atoms with Gasteiger partial charge in [-0.15, -0.1) is 11.3 Å². The molecule has 1 heterocycles. The molecule has 3 rings (SSSR count). The van der Waals surface area contributed by atoms with Crippen molar-refractivity contribution in [1.29, 1.82) is 5.26 Å². The molecule has 1 N–H and O–H groups in total. The van der Waals surface area contributed by atoms with Crippen molar-refractivity contribution in [2.24, 2.45) is 0 Å². The molecule has 98 valence electrons. The first kappa shape index (κ1) is 12.6. The van der Waals surface area contributed by atoms with Gasteiger partial charge in [0.05, 0.1) is 11.6 Å². The Balaban J connectivity index is 2.00. The molecular formula is C15H8F2N2S. The van der Waals surface area contributed by atoms with E-state index in [1.165, 1.54) is 0 Å². The number of thiophene rings is 1. The molecule has 0 aliphatic rings. The molecule has 0 atom stereocenters. The van der Waals surface area contributed by atoms with Crippen LogP contribution in [-0.4, -0.2) is 0 Å². The zero-order valence-corrected chi connectivity index (χ0v) is 11.0. The largest absolute Gasteiger partial charge is 0.351 e. The lowest BCUT2D eigenvalue weighted by molar-refractivity contribution is 0.590. The van der Waals surface area contributed by atoms with Gasteiger partial charge in [0.15, 0.2) is 11.6 Å². The summed E-state index contributed by atoms with van der Waals surface area (Å²) in [5.74, 6) is -1.57. The van der Waals surface area contributed by atoms with E-state index < -0.39 is 11.6 Å². The lowest BCUT2D eigenvalue weighted by Gasteiger charge is -2.09. The van der Waals surface area contributed by atoms with Gasteiger partial charge in [0.25, 0.3) is 0 Å². The Kier molecular flexibility index (Phi) is 3.09. The van der Waals surface area contributed by atoms with Crippen LogP contribution < -0.4 is 5.32 Å². The molecule has 3 aromatic rings. The van der Waals surface area contributed by atoms with E-state index in [1.54, 1.807) is 23.5 Å². The van der Waals surface area contributed by atoms with Gasteiger partial charge in [0, 0.05) is 10.4 Å². The molecular weight excluding hydrogens is 278 g/mol. The van der Waals surface area contributed by atoms with Gasteiger partial charge in [-0.1, -0.05) is 0 Å². The fourth-order valence-corrected chi connectivity index (χ4v) is 2.72. The average Bonchev–Trinajstić information content (AvgIpc) is 2.90. The maximum Gasteiger partial charge on any atom is 0.150 e. The molecule has 2 nitrogen and oxygen atoms in total. The summed E-state index contributed by atoms with van der Waals surface area (Å²) in [6.45, 7) is 0. The molecule has 0 amide bonds. The minimum atomic E-state index is -0.785. The number of hydrogen-bond acceptors (Lipinski definition) is 3. The Labute approximate surface area is 117 Å². The Hall–Kier alpha value is -2.45. The average molecular weight is 286 g/mol. The molecule has 0 bridgehead atoms. The van der Waals surface area contributed by atoms with Gasteiger partial charge in [-0.2, -0.15) is 5.26 Å². The van der Waals surface area contributed by atoms with Crippen LogP contribution in [0.4, 0.5) is 20.2 Å². The van der Waals surface area contributed by atoms with E-state index in [1.807, 2.05) is 23.6 Å². The van der Waals surface area contributed by atoms with Crippen LogP contribution in [0.2, 0.25) is 0 Å². The molecule has 0 saturated heterocycles. The highest BCUT2D eigenvalue weighted by molar-refractivity contribution is 7.17. The van der Waals surface area contributed by atoms with Crippen LogP contribution in [0.25, 0.3) is 10.1 Å². The van der Waals surface area contributed by atoms with Gasteiger partial charge in [0.1, 0.15) is 5.69 Å². The first-order chi connectivity index (χ1) is 9.67. The first-order valence-corrected chi connectivity index (χ1v) is 6.69. The molecule has 2 aromatic carbocycles. The molecule has 0 spiro atoms. The number of hydrogen-bond donors (Lipinski definition) is 1. The van der Waals surface area contributed by atoms with Crippen LogP contribution in [0, 0.1) is 23.0 Å². The zero-order valence-electron chi connectivity index (χ0n) is 10.2. The third kappa shape index (κ3) is 2.22. The summed E-state index contributed by atoms with van der Waals surface area (Å²) in [4.78, 5) is 0. The third-order valence-corrected chi connectivity index (χ3v) is 3.79. The van der Waals surface area contributed by atoms with Gasteiger partial charge < -0.3 is 5.32 Å². The molecule has 0 radical (unpaired) electrons. The molecule has 0 unspecified atom stereocenters. The molecule has 0 saturated carbocycles. The number of nitrogens with zero attached hydrogens (tertiary/aromatic N) is 1. The Bertz CT molecular complexity index is 810. The number of halogens is 2. The summed E-state index contributed by atoms with van der Waals surface area (Å²) < 4.78 is 28.7. The molecule has 1 aromatic heterocycles. The van der Waals surface area contributed by atoms with Crippen LogP contribution in [0.1, 0.15) is 5.56 Å². The molecule has 0 fully saturated rings. The van der Waals surface area contributed by atoms with Crippen molar-refractivity contribution in [1.82, 2.24) is 0 Å². The van der Waals surface area contributed by atoms with Crippen LogP contribution in [0.15, 0.2) is 41.8 Å². The summed E-state index contributed by atoms with van der Waals surface area (Å²) in [5.41, 5.74) is 0.302. The second-order valence-electron chi connectivity index (χ2n) is 4.22. The van der Waals surface area contributed by atoms with Crippen LogP contribution in [0.5, 0.6) is 0 Å². The van der Waals surface area contributed by atoms with Gasteiger partial charge in [0.2, 0.25) is 0 Å². The van der Waals surface area contributed by atoms with Gasteiger partial charge in [-0.3, -0.25) is 0 Å². The van der Waals surface area contributed by atoms with E-state index >= 15 is 0 Å². The highest BCUT2D eigenvalue weighted by Crippen LogP contribution is 2.28. The van der Waals surface area contributed by atoms with E-state index in [4.69, 9.17) is 5.26 Å². The summed E-state index contributed by atoms with van der Waals surface area (Å²) >= 11 is 1.60. The third-order valence-electron chi connectivity index (χ3n) is 2.89. The van der Waals surface area contributed by atoms with Crippen molar-refractivity contribution >= 4 is 32.8 Å². The lowest BCUT2D eigenvalue weighted by Crippen LogP contribution is -1.98. The van der Waals surface area contributed by atoms with E-state index in [0.717, 1.165) is 22.2 Å². The fourth-order valence-electron chi connectivity index (χ4n) is 1.95. The highest BCUT2D eigenvalue weighted by Gasteiger charge is 2.11. The second-order valence-corrected chi connectivity index (χ2v) is 5.17. The van der Waals surface area contributed by atoms with Crippen molar-refractivity contribution in [3.8, 4) is 6.07 Å². The van der Waals surface area contributed by atoms with Crippen molar-refractivity contribution in [2.45, 2.75) is 0 Å². The number of fused-ring (bicyclic) bond motifs is 1. The number of nitrogens with one attached hydrogen (secondary N) is 1. The quantitative estimate of drug-likeness (QED) is 0.735. The standard InChI is InChI=1S/C15H8F2N2S/c16-12-5-9(8-18)6-13(17)15(12)19-11-1-2-14-10(7-11)3-4-20-14/h1-7,19H. The minimum absolute atomic E-state index is 0.0427. The maximum atomic E-state index is 13.8. The van der Waals surface area contributed by atoms with E-state index in [2.05, 4.69) is 5.32 Å². The van der Waals surface area contributed by atoms with Crippen LogP contribution in [0.3, 0.4) is 0 Å². The van der Waals surface area contributed by atoms with Gasteiger partial charge >= 0.3 is 0 Å². The van der Waals surface area contributed by atoms with Gasteiger partial charge in [-0.25, -0.2) is 8.78 Å². The van der Waals surface area contributed by atoms with Gasteiger partial charge in [-0.05, 0) is 47.2 Å². The number of anilines is 2.